The van der Waals surface area contributed by atoms with E-state index in [0.29, 0.717) is 23.7 Å². The minimum atomic E-state index is -0.544. The van der Waals surface area contributed by atoms with Gasteiger partial charge in [-0.3, -0.25) is 10.1 Å². The van der Waals surface area contributed by atoms with Crippen molar-refractivity contribution in [2.24, 2.45) is 5.92 Å². The molecule has 0 spiro atoms. The Kier molecular flexibility index (Phi) is 4.54. The summed E-state index contributed by atoms with van der Waals surface area (Å²) in [5.41, 5.74) is 0.627. The molecule has 5 nitrogen and oxygen atoms in total. The third kappa shape index (κ3) is 3.25. The predicted molar refractivity (Wildman–Crippen MR) is 76.5 cm³/mol. The van der Waals surface area contributed by atoms with Crippen molar-refractivity contribution < 1.29 is 9.31 Å². The first-order valence-electron chi connectivity index (χ1n) is 6.92. The Morgan fingerprint density at radius 1 is 1.55 bits per heavy atom. The monoisotopic (exact) mass is 281 g/mol. The summed E-state index contributed by atoms with van der Waals surface area (Å²) in [6.45, 7) is 7.54. The van der Waals surface area contributed by atoms with Crippen LogP contribution in [0.25, 0.3) is 0 Å². The molecule has 110 valence electrons. The van der Waals surface area contributed by atoms with E-state index in [2.05, 4.69) is 17.1 Å². The fourth-order valence-corrected chi connectivity index (χ4v) is 2.58. The van der Waals surface area contributed by atoms with Crippen LogP contribution >= 0.6 is 0 Å². The summed E-state index contributed by atoms with van der Waals surface area (Å²) in [7, 11) is 0. The number of halogens is 1. The molecule has 1 saturated heterocycles. The van der Waals surface area contributed by atoms with E-state index >= 15 is 0 Å². The average molecular weight is 281 g/mol. The van der Waals surface area contributed by atoms with Gasteiger partial charge in [0.15, 0.2) is 0 Å². The first-order chi connectivity index (χ1) is 9.51. The second-order valence-electron chi connectivity index (χ2n) is 5.30. The Labute approximate surface area is 117 Å². The van der Waals surface area contributed by atoms with Crippen molar-refractivity contribution in [1.82, 2.24) is 4.90 Å². The van der Waals surface area contributed by atoms with Gasteiger partial charge in [-0.15, -0.1) is 0 Å². The molecule has 1 aromatic carbocycles. The van der Waals surface area contributed by atoms with Gasteiger partial charge in [-0.05, 0) is 44.0 Å². The molecule has 0 aromatic heterocycles. The van der Waals surface area contributed by atoms with Gasteiger partial charge in [-0.1, -0.05) is 6.92 Å². The van der Waals surface area contributed by atoms with Crippen LogP contribution in [0.5, 0.6) is 0 Å². The molecular formula is C14H20FN3O2. The molecular weight excluding hydrogens is 261 g/mol. The van der Waals surface area contributed by atoms with Crippen molar-refractivity contribution >= 4 is 11.4 Å². The number of anilines is 1. The smallest absolute Gasteiger partial charge is 0.295 e. The van der Waals surface area contributed by atoms with E-state index in [9.17, 15) is 14.5 Å². The highest BCUT2D eigenvalue weighted by Crippen LogP contribution is 2.28. The lowest BCUT2D eigenvalue weighted by atomic mass is 10.1. The van der Waals surface area contributed by atoms with Crippen LogP contribution in [0.1, 0.15) is 18.9 Å². The maximum atomic E-state index is 13.4. The van der Waals surface area contributed by atoms with E-state index in [1.807, 2.05) is 0 Å². The molecule has 1 aliphatic heterocycles. The third-order valence-electron chi connectivity index (χ3n) is 3.87. The summed E-state index contributed by atoms with van der Waals surface area (Å²) in [5, 5.41) is 14.1. The normalized spacial score (nSPS) is 19.2. The van der Waals surface area contributed by atoms with Gasteiger partial charge in [-0.25, -0.2) is 4.39 Å². The molecule has 1 atom stereocenters. The lowest BCUT2D eigenvalue weighted by molar-refractivity contribution is -0.384. The maximum Gasteiger partial charge on any atom is 0.295 e. The number of hydrogen-bond acceptors (Lipinski definition) is 4. The van der Waals surface area contributed by atoms with Crippen molar-refractivity contribution in [2.45, 2.75) is 20.3 Å². The van der Waals surface area contributed by atoms with Crippen LogP contribution in [0, 0.1) is 28.8 Å². The highest BCUT2D eigenvalue weighted by Gasteiger charge is 2.22. The number of likely N-dealkylation sites (tertiary alicyclic amines) is 1. The second kappa shape index (κ2) is 6.17. The topological polar surface area (TPSA) is 58.4 Å². The van der Waals surface area contributed by atoms with Gasteiger partial charge in [0.05, 0.1) is 11.0 Å². The zero-order chi connectivity index (χ0) is 14.7. The number of nitrogens with one attached hydrogen (secondary N) is 1. The molecule has 1 unspecified atom stereocenters. The minimum absolute atomic E-state index is 0.196. The fraction of sp³-hybridized carbons (Fsp3) is 0.571. The summed E-state index contributed by atoms with van der Waals surface area (Å²) < 4.78 is 13.4. The van der Waals surface area contributed by atoms with Crippen molar-refractivity contribution in [1.29, 1.82) is 0 Å². The molecule has 0 bridgehead atoms. The first kappa shape index (κ1) is 14.7. The lowest BCUT2D eigenvalue weighted by Crippen LogP contribution is -2.22. The Morgan fingerprint density at radius 3 is 2.90 bits per heavy atom. The highest BCUT2D eigenvalue weighted by molar-refractivity contribution is 5.63. The van der Waals surface area contributed by atoms with Crippen molar-refractivity contribution in [3.05, 3.63) is 33.6 Å². The van der Waals surface area contributed by atoms with Gasteiger partial charge in [0.2, 0.25) is 0 Å². The van der Waals surface area contributed by atoms with Crippen LogP contribution in [-0.2, 0) is 0 Å². The van der Waals surface area contributed by atoms with E-state index < -0.39 is 10.7 Å². The largest absolute Gasteiger partial charge is 0.379 e. The number of hydrogen-bond donors (Lipinski definition) is 1. The van der Waals surface area contributed by atoms with E-state index in [0.717, 1.165) is 32.1 Å². The Morgan fingerprint density at radius 2 is 2.30 bits per heavy atom. The van der Waals surface area contributed by atoms with Gasteiger partial charge in [0.1, 0.15) is 11.5 Å². The molecule has 1 heterocycles. The molecule has 0 aliphatic carbocycles. The van der Waals surface area contributed by atoms with Gasteiger partial charge in [-0.2, -0.15) is 0 Å². The zero-order valence-corrected chi connectivity index (χ0v) is 11.9. The van der Waals surface area contributed by atoms with Crippen molar-refractivity contribution in [3.8, 4) is 0 Å². The molecule has 2 rings (SSSR count). The summed E-state index contributed by atoms with van der Waals surface area (Å²) >= 11 is 0. The maximum absolute atomic E-state index is 13.4. The number of nitro groups is 1. The quantitative estimate of drug-likeness (QED) is 0.666. The number of benzene rings is 1. The summed E-state index contributed by atoms with van der Waals surface area (Å²) in [6, 6.07) is 2.50. The van der Waals surface area contributed by atoms with Crippen molar-refractivity contribution in [2.75, 3.05) is 31.5 Å². The van der Waals surface area contributed by atoms with Crippen LogP contribution in [0.15, 0.2) is 12.1 Å². The van der Waals surface area contributed by atoms with Crippen LogP contribution in [-0.4, -0.2) is 36.0 Å². The molecule has 0 saturated carbocycles. The first-order valence-corrected chi connectivity index (χ1v) is 6.92. The molecule has 20 heavy (non-hydrogen) atoms. The Bertz CT molecular complexity index is 507. The van der Waals surface area contributed by atoms with E-state index in [1.54, 1.807) is 6.92 Å². The molecule has 1 fully saturated rings. The van der Waals surface area contributed by atoms with Gasteiger partial charge < -0.3 is 10.2 Å². The molecule has 0 radical (unpaired) electrons. The van der Waals surface area contributed by atoms with Crippen molar-refractivity contribution in [3.63, 3.8) is 0 Å². The molecule has 1 N–H and O–H groups in total. The van der Waals surface area contributed by atoms with E-state index in [1.165, 1.54) is 6.07 Å². The molecule has 1 aliphatic rings. The number of rotatable bonds is 5. The SMILES string of the molecule is CCN1CCC(CNc2cc(C)c(F)cc2[N+](=O)[O-])C1. The van der Waals surface area contributed by atoms with Gasteiger partial charge in [0.25, 0.3) is 5.69 Å². The van der Waals surface area contributed by atoms with Crippen LogP contribution in [0.2, 0.25) is 0 Å². The summed E-state index contributed by atoms with van der Waals surface area (Å²) in [4.78, 5) is 12.8. The number of nitrogens with zero attached hydrogens (tertiary/aromatic N) is 2. The van der Waals surface area contributed by atoms with Crippen LogP contribution in [0.4, 0.5) is 15.8 Å². The fourth-order valence-electron chi connectivity index (χ4n) is 2.58. The highest BCUT2D eigenvalue weighted by atomic mass is 19.1. The van der Waals surface area contributed by atoms with E-state index in [-0.39, 0.29) is 5.69 Å². The van der Waals surface area contributed by atoms with Crippen LogP contribution < -0.4 is 5.32 Å². The Balaban J connectivity index is 2.05. The zero-order valence-electron chi connectivity index (χ0n) is 11.9. The second-order valence-corrected chi connectivity index (χ2v) is 5.30. The van der Waals surface area contributed by atoms with E-state index in [4.69, 9.17) is 0 Å². The number of aryl methyl sites for hydroxylation is 1. The number of nitro benzene ring substituents is 1. The minimum Gasteiger partial charge on any atom is -0.379 e. The third-order valence-corrected chi connectivity index (χ3v) is 3.87. The summed E-state index contributed by atoms with van der Waals surface area (Å²) in [6.07, 6.45) is 1.09. The molecule has 1 aromatic rings. The predicted octanol–water partition coefficient (Wildman–Crippen LogP) is 2.80. The van der Waals surface area contributed by atoms with Gasteiger partial charge in [0, 0.05) is 13.1 Å². The van der Waals surface area contributed by atoms with Gasteiger partial charge >= 0.3 is 0 Å². The summed E-state index contributed by atoms with van der Waals surface area (Å²) in [5.74, 6) is -0.0554. The molecule has 6 heteroatoms. The van der Waals surface area contributed by atoms with Crippen LogP contribution in [0.3, 0.4) is 0 Å². The Hall–Kier alpha value is -1.69. The lowest BCUT2D eigenvalue weighted by Gasteiger charge is -2.15. The molecule has 0 amide bonds. The standard InChI is InChI=1S/C14H20FN3O2/c1-3-17-5-4-11(9-17)8-16-13-6-10(2)12(15)7-14(13)18(19)20/h6-7,11,16H,3-5,8-9H2,1-2H3. The average Bonchev–Trinajstić information content (AvgIpc) is 2.87.